The molecular formula is C19H28N4O3. The van der Waals surface area contributed by atoms with Gasteiger partial charge in [0.05, 0.1) is 5.71 Å². The number of carbonyl (C=O) groups is 2. The fraction of sp³-hybridized carbons (Fsp3) is 0.526. The molecule has 1 aliphatic heterocycles. The minimum atomic E-state index is -0.801. The average molecular weight is 360 g/mol. The number of phenols is 1. The molecule has 1 aromatic carbocycles. The molecule has 1 fully saturated rings. The van der Waals surface area contributed by atoms with Crippen LogP contribution in [-0.2, 0) is 16.1 Å². The van der Waals surface area contributed by atoms with Gasteiger partial charge in [-0.2, -0.15) is 5.10 Å². The van der Waals surface area contributed by atoms with Crippen molar-refractivity contribution in [2.75, 3.05) is 13.1 Å². The fourth-order valence-electron chi connectivity index (χ4n) is 2.87. The van der Waals surface area contributed by atoms with Crippen molar-refractivity contribution >= 4 is 17.5 Å². The normalized spacial score (nSPS) is 15.8. The lowest BCUT2D eigenvalue weighted by Crippen LogP contribution is -2.41. The Morgan fingerprint density at radius 1 is 1.19 bits per heavy atom. The number of carbonyl (C=O) groups excluding carboxylic acids is 2. The van der Waals surface area contributed by atoms with Crippen LogP contribution in [0, 0.1) is 0 Å². The highest BCUT2D eigenvalue weighted by atomic mass is 16.3. The molecule has 2 rings (SSSR count). The van der Waals surface area contributed by atoms with Crippen molar-refractivity contribution in [3.63, 3.8) is 0 Å². The van der Waals surface area contributed by atoms with E-state index in [9.17, 15) is 14.7 Å². The Morgan fingerprint density at radius 2 is 1.88 bits per heavy atom. The maximum absolute atomic E-state index is 11.7. The Bertz CT molecular complexity index is 679. The van der Waals surface area contributed by atoms with E-state index in [1.807, 2.05) is 6.07 Å². The van der Waals surface area contributed by atoms with Crippen molar-refractivity contribution in [3.05, 3.63) is 29.3 Å². The standard InChI is InChI=1S/C19H28N4O3/c1-13(2)20-18(25)19(26)22-21-14(3)15-7-8-17(24)16(11-15)12-23-9-5-4-6-10-23/h7-8,11,13,24H,4-6,9-10,12H2,1-3H3,(H,20,25)(H,22,26)/b21-14+. The van der Waals surface area contributed by atoms with E-state index in [2.05, 4.69) is 20.7 Å². The first kappa shape index (κ1) is 19.9. The van der Waals surface area contributed by atoms with Gasteiger partial charge >= 0.3 is 11.8 Å². The molecule has 1 heterocycles. The molecule has 0 atom stereocenters. The van der Waals surface area contributed by atoms with Crippen molar-refractivity contribution in [1.29, 1.82) is 0 Å². The highest BCUT2D eigenvalue weighted by molar-refractivity contribution is 6.35. The first-order chi connectivity index (χ1) is 12.4. The van der Waals surface area contributed by atoms with Gasteiger partial charge in [-0.05, 0) is 70.5 Å². The van der Waals surface area contributed by atoms with Crippen LogP contribution in [0.4, 0.5) is 0 Å². The van der Waals surface area contributed by atoms with E-state index in [0.717, 1.165) is 24.2 Å². The molecule has 1 aromatic rings. The number of nitrogens with zero attached hydrogens (tertiary/aromatic N) is 2. The third-order valence-electron chi connectivity index (χ3n) is 4.29. The number of hydrogen-bond donors (Lipinski definition) is 3. The van der Waals surface area contributed by atoms with Gasteiger partial charge < -0.3 is 10.4 Å². The molecule has 0 bridgehead atoms. The third-order valence-corrected chi connectivity index (χ3v) is 4.29. The minimum Gasteiger partial charge on any atom is -0.508 e. The molecule has 1 saturated heterocycles. The lowest BCUT2D eigenvalue weighted by Gasteiger charge is -2.26. The number of likely N-dealkylation sites (tertiary alicyclic amines) is 1. The summed E-state index contributed by atoms with van der Waals surface area (Å²) in [6, 6.07) is 5.14. The van der Waals surface area contributed by atoms with Gasteiger partial charge in [-0.15, -0.1) is 0 Å². The second-order valence-electron chi connectivity index (χ2n) is 6.95. The molecule has 0 aliphatic carbocycles. The molecule has 3 N–H and O–H groups in total. The number of amides is 2. The molecule has 0 spiro atoms. The molecule has 0 aromatic heterocycles. The fourth-order valence-corrected chi connectivity index (χ4v) is 2.87. The van der Waals surface area contributed by atoms with Gasteiger partial charge in [0, 0.05) is 18.2 Å². The molecule has 0 unspecified atom stereocenters. The van der Waals surface area contributed by atoms with Crippen LogP contribution in [0.5, 0.6) is 5.75 Å². The SMILES string of the molecule is C/C(=N\NC(=O)C(=O)NC(C)C)c1ccc(O)c(CN2CCCCC2)c1. The molecule has 7 nitrogen and oxygen atoms in total. The van der Waals surface area contributed by atoms with Crippen molar-refractivity contribution < 1.29 is 14.7 Å². The number of hydrazone groups is 1. The number of hydrogen-bond acceptors (Lipinski definition) is 5. The summed E-state index contributed by atoms with van der Waals surface area (Å²) in [5.41, 5.74) is 4.46. The van der Waals surface area contributed by atoms with Crippen LogP contribution in [0.3, 0.4) is 0 Å². The molecule has 26 heavy (non-hydrogen) atoms. The van der Waals surface area contributed by atoms with Gasteiger partial charge in [0.15, 0.2) is 0 Å². The molecule has 142 valence electrons. The van der Waals surface area contributed by atoms with E-state index in [-0.39, 0.29) is 11.8 Å². The Hall–Kier alpha value is -2.41. The van der Waals surface area contributed by atoms with Gasteiger partial charge in [0.1, 0.15) is 5.75 Å². The number of piperidine rings is 1. The number of benzene rings is 1. The number of aromatic hydroxyl groups is 1. The molecule has 7 heteroatoms. The van der Waals surface area contributed by atoms with E-state index in [4.69, 9.17) is 0 Å². The van der Waals surface area contributed by atoms with Crippen LogP contribution in [-0.4, -0.2) is 46.7 Å². The van der Waals surface area contributed by atoms with E-state index in [0.29, 0.717) is 12.3 Å². The first-order valence-corrected chi connectivity index (χ1v) is 9.06. The molecule has 1 aliphatic rings. The van der Waals surface area contributed by atoms with Gasteiger partial charge in [-0.3, -0.25) is 14.5 Å². The summed E-state index contributed by atoms with van der Waals surface area (Å²) in [6.07, 6.45) is 3.63. The maximum Gasteiger partial charge on any atom is 0.329 e. The summed E-state index contributed by atoms with van der Waals surface area (Å²) in [6.45, 7) is 8.07. The van der Waals surface area contributed by atoms with E-state index in [1.165, 1.54) is 19.3 Å². The number of nitrogens with one attached hydrogen (secondary N) is 2. The van der Waals surface area contributed by atoms with Crippen molar-refractivity contribution in [2.45, 2.75) is 52.6 Å². The molecule has 2 amide bonds. The average Bonchev–Trinajstić information content (AvgIpc) is 2.61. The molecular weight excluding hydrogens is 332 g/mol. The summed E-state index contributed by atoms with van der Waals surface area (Å²) in [7, 11) is 0. The quantitative estimate of drug-likeness (QED) is 0.424. The van der Waals surface area contributed by atoms with Crippen molar-refractivity contribution in [3.8, 4) is 5.75 Å². The summed E-state index contributed by atoms with van der Waals surface area (Å²) in [5.74, 6) is -1.26. The van der Waals surface area contributed by atoms with E-state index < -0.39 is 11.8 Å². The second kappa shape index (κ2) is 9.33. The largest absolute Gasteiger partial charge is 0.508 e. The zero-order valence-corrected chi connectivity index (χ0v) is 15.7. The lowest BCUT2D eigenvalue weighted by molar-refractivity contribution is -0.139. The molecule has 0 saturated carbocycles. The monoisotopic (exact) mass is 360 g/mol. The topological polar surface area (TPSA) is 94.0 Å². The maximum atomic E-state index is 11.7. The lowest BCUT2D eigenvalue weighted by atomic mass is 10.0. The minimum absolute atomic E-state index is 0.118. The van der Waals surface area contributed by atoms with Gasteiger partial charge in [-0.1, -0.05) is 6.42 Å². The van der Waals surface area contributed by atoms with Crippen molar-refractivity contribution in [2.24, 2.45) is 5.10 Å². The van der Waals surface area contributed by atoms with Crippen LogP contribution in [0.15, 0.2) is 23.3 Å². The van der Waals surface area contributed by atoms with Gasteiger partial charge in [-0.25, -0.2) is 5.43 Å². The highest BCUT2D eigenvalue weighted by Gasteiger charge is 2.15. The van der Waals surface area contributed by atoms with Crippen LogP contribution >= 0.6 is 0 Å². The van der Waals surface area contributed by atoms with Crippen LogP contribution in [0.1, 0.15) is 51.2 Å². The van der Waals surface area contributed by atoms with E-state index in [1.54, 1.807) is 32.9 Å². The predicted octanol–water partition coefficient (Wildman–Crippen LogP) is 1.74. The Kier molecular flexibility index (Phi) is 7.15. The highest BCUT2D eigenvalue weighted by Crippen LogP contribution is 2.22. The number of rotatable bonds is 5. The summed E-state index contributed by atoms with van der Waals surface area (Å²) < 4.78 is 0. The van der Waals surface area contributed by atoms with Gasteiger partial charge in [0.2, 0.25) is 0 Å². The predicted molar refractivity (Wildman–Crippen MR) is 101 cm³/mol. The second-order valence-corrected chi connectivity index (χ2v) is 6.95. The Morgan fingerprint density at radius 3 is 2.54 bits per heavy atom. The van der Waals surface area contributed by atoms with E-state index >= 15 is 0 Å². The summed E-state index contributed by atoms with van der Waals surface area (Å²) in [5, 5.41) is 16.6. The number of phenolic OH excluding ortho intramolecular Hbond substituents is 1. The molecule has 0 radical (unpaired) electrons. The Labute approximate surface area is 154 Å². The third kappa shape index (κ3) is 5.84. The van der Waals surface area contributed by atoms with Crippen LogP contribution in [0.25, 0.3) is 0 Å². The van der Waals surface area contributed by atoms with Crippen LogP contribution < -0.4 is 10.7 Å². The smallest absolute Gasteiger partial charge is 0.329 e. The van der Waals surface area contributed by atoms with Crippen LogP contribution in [0.2, 0.25) is 0 Å². The zero-order valence-electron chi connectivity index (χ0n) is 15.7. The summed E-state index contributed by atoms with van der Waals surface area (Å²) >= 11 is 0. The summed E-state index contributed by atoms with van der Waals surface area (Å²) in [4.78, 5) is 25.6. The zero-order chi connectivity index (χ0) is 19.1. The first-order valence-electron chi connectivity index (χ1n) is 9.06. The van der Waals surface area contributed by atoms with Gasteiger partial charge in [0.25, 0.3) is 0 Å². The van der Waals surface area contributed by atoms with Crippen molar-refractivity contribution in [1.82, 2.24) is 15.6 Å². The Balaban J connectivity index is 2.03.